The Balaban J connectivity index is 1.81. The summed E-state index contributed by atoms with van der Waals surface area (Å²) in [7, 11) is 1.34. The van der Waals surface area contributed by atoms with Crippen LogP contribution in [0.3, 0.4) is 0 Å². The molecule has 0 spiro atoms. The molecule has 0 aliphatic rings. The molecule has 164 valence electrons. The number of furan rings is 1. The molecule has 0 fully saturated rings. The first-order valence-corrected chi connectivity index (χ1v) is 11.4. The Hall–Kier alpha value is -3.39. The van der Waals surface area contributed by atoms with Gasteiger partial charge in [-0.25, -0.2) is 4.79 Å². The highest BCUT2D eigenvalue weighted by Gasteiger charge is 2.22. The van der Waals surface area contributed by atoms with Gasteiger partial charge >= 0.3 is 5.97 Å². The number of thioether (sulfide) groups is 1. The highest BCUT2D eigenvalue weighted by atomic mass is 32.2. The molecular weight excluding hydrogens is 424 g/mol. The number of benzene rings is 1. The van der Waals surface area contributed by atoms with E-state index in [4.69, 9.17) is 9.15 Å². The van der Waals surface area contributed by atoms with Gasteiger partial charge in [-0.15, -0.1) is 10.2 Å². The highest BCUT2D eigenvalue weighted by molar-refractivity contribution is 7.98. The van der Waals surface area contributed by atoms with E-state index in [-0.39, 0.29) is 5.76 Å². The molecule has 1 aromatic carbocycles. The molecule has 0 saturated carbocycles. The van der Waals surface area contributed by atoms with Crippen LogP contribution < -0.4 is 0 Å². The van der Waals surface area contributed by atoms with E-state index < -0.39 is 5.97 Å². The number of aromatic nitrogens is 4. The number of carbonyl (C=O) groups is 1. The number of hydrogen-bond donors (Lipinski definition) is 0. The van der Waals surface area contributed by atoms with Crippen molar-refractivity contribution >= 4 is 17.7 Å². The van der Waals surface area contributed by atoms with Crippen molar-refractivity contribution < 1.29 is 13.9 Å². The van der Waals surface area contributed by atoms with Gasteiger partial charge in [-0.3, -0.25) is 9.55 Å². The average molecular weight is 449 g/mol. The lowest BCUT2D eigenvalue weighted by atomic mass is 10.0. The van der Waals surface area contributed by atoms with Gasteiger partial charge in [-0.2, -0.15) is 0 Å². The Morgan fingerprint density at radius 2 is 1.84 bits per heavy atom. The van der Waals surface area contributed by atoms with E-state index in [1.807, 2.05) is 12.1 Å². The SMILES string of the molecule is CCc1cccc(CC)c1-n1c(SCc2ccoc2C(=O)OC)nnc1-c1cccnc1. The molecule has 8 heteroatoms. The van der Waals surface area contributed by atoms with Gasteiger partial charge in [0.05, 0.1) is 19.1 Å². The summed E-state index contributed by atoms with van der Waals surface area (Å²) in [6.45, 7) is 4.29. The third-order valence-corrected chi connectivity index (χ3v) is 6.19. The summed E-state index contributed by atoms with van der Waals surface area (Å²) < 4.78 is 12.3. The smallest absolute Gasteiger partial charge is 0.374 e. The minimum absolute atomic E-state index is 0.210. The Bertz CT molecular complexity index is 1190. The number of para-hydroxylation sites is 1. The number of methoxy groups -OCH3 is 1. The lowest BCUT2D eigenvalue weighted by molar-refractivity contribution is 0.0564. The summed E-state index contributed by atoms with van der Waals surface area (Å²) in [6, 6.07) is 12.0. The van der Waals surface area contributed by atoms with E-state index in [1.54, 1.807) is 18.5 Å². The monoisotopic (exact) mass is 448 g/mol. The summed E-state index contributed by atoms with van der Waals surface area (Å²) in [5.41, 5.74) is 5.17. The predicted molar refractivity (Wildman–Crippen MR) is 123 cm³/mol. The maximum absolute atomic E-state index is 12.0. The van der Waals surface area contributed by atoms with Crippen LogP contribution in [0.4, 0.5) is 0 Å². The van der Waals surface area contributed by atoms with Crippen molar-refractivity contribution in [3.8, 4) is 17.1 Å². The van der Waals surface area contributed by atoms with E-state index >= 15 is 0 Å². The number of aryl methyl sites for hydroxylation is 2. The van der Waals surface area contributed by atoms with E-state index in [1.165, 1.54) is 36.3 Å². The van der Waals surface area contributed by atoms with E-state index in [0.717, 1.165) is 40.6 Å². The first-order valence-electron chi connectivity index (χ1n) is 10.4. The van der Waals surface area contributed by atoms with Gasteiger partial charge in [0.25, 0.3) is 0 Å². The van der Waals surface area contributed by atoms with Gasteiger partial charge in [-0.05, 0) is 42.2 Å². The summed E-state index contributed by atoms with van der Waals surface area (Å²) in [6.07, 6.45) is 6.79. The maximum Gasteiger partial charge on any atom is 0.374 e. The zero-order valence-electron chi connectivity index (χ0n) is 18.2. The molecule has 7 nitrogen and oxygen atoms in total. The molecule has 0 bridgehead atoms. The minimum atomic E-state index is -0.493. The summed E-state index contributed by atoms with van der Waals surface area (Å²) >= 11 is 1.50. The zero-order valence-corrected chi connectivity index (χ0v) is 19.1. The fraction of sp³-hybridized carbons (Fsp3) is 0.250. The van der Waals surface area contributed by atoms with Crippen molar-refractivity contribution in [2.45, 2.75) is 37.6 Å². The van der Waals surface area contributed by atoms with Crippen molar-refractivity contribution in [2.75, 3.05) is 7.11 Å². The lowest BCUT2D eigenvalue weighted by Gasteiger charge is -2.18. The summed E-state index contributed by atoms with van der Waals surface area (Å²) in [5.74, 6) is 0.938. The quantitative estimate of drug-likeness (QED) is 0.273. The zero-order chi connectivity index (χ0) is 22.5. The van der Waals surface area contributed by atoms with Gasteiger partial charge in [-0.1, -0.05) is 43.8 Å². The van der Waals surface area contributed by atoms with Crippen LogP contribution in [-0.2, 0) is 23.3 Å². The molecule has 3 heterocycles. The summed E-state index contributed by atoms with van der Waals surface area (Å²) in [4.78, 5) is 16.3. The molecule has 0 radical (unpaired) electrons. The number of esters is 1. The number of rotatable bonds is 8. The normalized spacial score (nSPS) is 11.0. The van der Waals surface area contributed by atoms with Crippen LogP contribution >= 0.6 is 11.8 Å². The van der Waals surface area contributed by atoms with Crippen LogP contribution in [0.1, 0.15) is 41.1 Å². The summed E-state index contributed by atoms with van der Waals surface area (Å²) in [5, 5.41) is 9.77. The minimum Gasteiger partial charge on any atom is -0.463 e. The van der Waals surface area contributed by atoms with E-state index in [0.29, 0.717) is 5.75 Å². The number of hydrogen-bond acceptors (Lipinski definition) is 7. The van der Waals surface area contributed by atoms with Crippen LogP contribution in [0.15, 0.2) is 64.6 Å². The topological polar surface area (TPSA) is 83.0 Å². The fourth-order valence-electron chi connectivity index (χ4n) is 3.61. The fourth-order valence-corrected chi connectivity index (χ4v) is 4.53. The molecule has 4 rings (SSSR count). The molecule has 0 atom stereocenters. The predicted octanol–water partition coefficient (Wildman–Crippen LogP) is 5.13. The molecule has 0 amide bonds. The van der Waals surface area contributed by atoms with Crippen LogP contribution in [-0.4, -0.2) is 32.8 Å². The van der Waals surface area contributed by atoms with Gasteiger partial charge in [0, 0.05) is 29.3 Å². The Kier molecular flexibility index (Phi) is 6.70. The molecule has 0 aliphatic carbocycles. The Morgan fingerprint density at radius 3 is 2.50 bits per heavy atom. The standard InChI is InChI=1S/C24H24N4O3S/c1-4-16-8-6-9-17(5-2)20(16)28-22(18-10-7-12-25-14-18)26-27-24(28)32-15-19-11-13-31-21(19)23(29)30-3/h6-14H,4-5,15H2,1-3H3. The molecule has 0 saturated heterocycles. The van der Waals surface area contributed by atoms with Crippen LogP contribution in [0.25, 0.3) is 17.1 Å². The number of nitrogens with zero attached hydrogens (tertiary/aromatic N) is 4. The first kappa shape index (κ1) is 21.8. The van der Waals surface area contributed by atoms with E-state index in [9.17, 15) is 4.79 Å². The van der Waals surface area contributed by atoms with Crippen LogP contribution in [0.2, 0.25) is 0 Å². The third kappa shape index (κ3) is 4.18. The van der Waals surface area contributed by atoms with Crippen LogP contribution in [0.5, 0.6) is 0 Å². The van der Waals surface area contributed by atoms with Crippen molar-refractivity contribution in [3.63, 3.8) is 0 Å². The Labute approximate surface area is 190 Å². The third-order valence-electron chi connectivity index (χ3n) is 5.22. The second-order valence-electron chi connectivity index (χ2n) is 7.07. The first-order chi connectivity index (χ1) is 15.7. The Morgan fingerprint density at radius 1 is 1.06 bits per heavy atom. The lowest BCUT2D eigenvalue weighted by Crippen LogP contribution is -2.07. The maximum atomic E-state index is 12.0. The van der Waals surface area contributed by atoms with Crippen molar-refractivity contribution in [3.05, 3.63) is 77.5 Å². The number of ether oxygens (including phenoxy) is 1. The molecule has 0 unspecified atom stereocenters. The molecule has 4 aromatic rings. The van der Waals surface area contributed by atoms with E-state index in [2.05, 4.69) is 51.8 Å². The molecule has 32 heavy (non-hydrogen) atoms. The second-order valence-corrected chi connectivity index (χ2v) is 8.01. The highest BCUT2D eigenvalue weighted by Crippen LogP contribution is 2.33. The molecule has 3 aromatic heterocycles. The second kappa shape index (κ2) is 9.82. The molecular formula is C24H24N4O3S. The van der Waals surface area contributed by atoms with Crippen molar-refractivity contribution in [1.82, 2.24) is 19.7 Å². The number of pyridine rings is 1. The van der Waals surface area contributed by atoms with Gasteiger partial charge < -0.3 is 9.15 Å². The molecule has 0 aliphatic heterocycles. The largest absolute Gasteiger partial charge is 0.463 e. The van der Waals surface area contributed by atoms with Gasteiger partial charge in [0.15, 0.2) is 11.0 Å². The van der Waals surface area contributed by atoms with Crippen molar-refractivity contribution in [2.24, 2.45) is 0 Å². The average Bonchev–Trinajstić information content (AvgIpc) is 3.49. The van der Waals surface area contributed by atoms with Crippen LogP contribution in [0, 0.1) is 0 Å². The van der Waals surface area contributed by atoms with Crippen molar-refractivity contribution in [1.29, 1.82) is 0 Å². The number of carbonyl (C=O) groups excluding carboxylic acids is 1. The van der Waals surface area contributed by atoms with Gasteiger partial charge in [0.2, 0.25) is 5.76 Å². The molecule has 0 N–H and O–H groups in total. The van der Waals surface area contributed by atoms with Gasteiger partial charge in [0.1, 0.15) is 0 Å².